The van der Waals surface area contributed by atoms with Gasteiger partial charge in [0.2, 0.25) is 5.91 Å². The molecular weight excluding hydrogens is 346 g/mol. The highest BCUT2D eigenvalue weighted by Crippen LogP contribution is 2.06. The number of amides is 1. The van der Waals surface area contributed by atoms with Crippen LogP contribution < -0.4 is 16.0 Å². The number of aliphatic carboxylic acids is 1. The number of benzene rings is 2. The summed E-state index contributed by atoms with van der Waals surface area (Å²) in [5, 5.41) is 14.2. The van der Waals surface area contributed by atoms with Crippen LogP contribution in [0.4, 0.5) is 0 Å². The zero-order valence-electron chi connectivity index (χ0n) is 14.5. The third kappa shape index (κ3) is 4.58. The SMILES string of the molecule is O=C(CCn1cnc2ccccc2c1=O)N[C@@H](Cc1ccccc1)C(=O)[O-]. The Hall–Kier alpha value is -3.48. The van der Waals surface area contributed by atoms with Gasteiger partial charge in [-0.1, -0.05) is 42.5 Å². The van der Waals surface area contributed by atoms with Gasteiger partial charge in [-0.3, -0.25) is 14.2 Å². The molecule has 7 nitrogen and oxygen atoms in total. The van der Waals surface area contributed by atoms with Gasteiger partial charge in [0, 0.05) is 13.0 Å². The van der Waals surface area contributed by atoms with Gasteiger partial charge < -0.3 is 15.2 Å². The summed E-state index contributed by atoms with van der Waals surface area (Å²) in [5.41, 5.74) is 1.12. The van der Waals surface area contributed by atoms with Gasteiger partial charge in [-0.15, -0.1) is 0 Å². The Labute approximate surface area is 155 Å². The van der Waals surface area contributed by atoms with Gasteiger partial charge >= 0.3 is 0 Å². The smallest absolute Gasteiger partial charge is 0.261 e. The van der Waals surface area contributed by atoms with Gasteiger partial charge in [-0.25, -0.2) is 4.98 Å². The second kappa shape index (κ2) is 8.27. The quantitative estimate of drug-likeness (QED) is 0.648. The van der Waals surface area contributed by atoms with Gasteiger partial charge in [-0.05, 0) is 24.1 Å². The van der Waals surface area contributed by atoms with E-state index >= 15 is 0 Å². The normalized spacial score (nSPS) is 11.9. The molecule has 1 atom stereocenters. The molecule has 1 amide bonds. The Morgan fingerprint density at radius 2 is 1.78 bits per heavy atom. The van der Waals surface area contributed by atoms with E-state index in [9.17, 15) is 19.5 Å². The highest BCUT2D eigenvalue weighted by atomic mass is 16.4. The van der Waals surface area contributed by atoms with Crippen LogP contribution in [0.25, 0.3) is 10.9 Å². The second-order valence-corrected chi connectivity index (χ2v) is 6.14. The summed E-state index contributed by atoms with van der Waals surface area (Å²) in [5.74, 6) is -1.82. The third-order valence-electron chi connectivity index (χ3n) is 4.21. The van der Waals surface area contributed by atoms with E-state index < -0.39 is 17.9 Å². The number of nitrogens with zero attached hydrogens (tertiary/aromatic N) is 2. The minimum Gasteiger partial charge on any atom is -0.548 e. The molecule has 3 rings (SSSR count). The minimum atomic E-state index is -1.35. The van der Waals surface area contributed by atoms with E-state index in [0.717, 1.165) is 5.56 Å². The number of nitrogens with one attached hydrogen (secondary N) is 1. The number of fused-ring (bicyclic) bond motifs is 1. The maximum atomic E-state index is 12.4. The van der Waals surface area contributed by atoms with Crippen molar-refractivity contribution in [1.82, 2.24) is 14.9 Å². The first-order chi connectivity index (χ1) is 13.0. The molecule has 1 aromatic heterocycles. The molecule has 0 aliphatic heterocycles. The number of para-hydroxylation sites is 1. The fourth-order valence-corrected chi connectivity index (χ4v) is 2.80. The monoisotopic (exact) mass is 364 g/mol. The highest BCUT2D eigenvalue weighted by molar-refractivity contribution is 5.83. The number of carbonyl (C=O) groups excluding carboxylic acids is 2. The number of aromatic nitrogens is 2. The first kappa shape index (κ1) is 18.3. The summed E-state index contributed by atoms with van der Waals surface area (Å²) < 4.78 is 1.34. The number of aryl methyl sites for hydroxylation is 1. The zero-order valence-corrected chi connectivity index (χ0v) is 14.5. The van der Waals surface area contributed by atoms with E-state index in [2.05, 4.69) is 10.3 Å². The van der Waals surface area contributed by atoms with Crippen molar-refractivity contribution in [1.29, 1.82) is 0 Å². The van der Waals surface area contributed by atoms with E-state index in [4.69, 9.17) is 0 Å². The van der Waals surface area contributed by atoms with Crippen molar-refractivity contribution >= 4 is 22.8 Å². The highest BCUT2D eigenvalue weighted by Gasteiger charge is 2.14. The van der Waals surface area contributed by atoms with E-state index in [0.29, 0.717) is 10.9 Å². The van der Waals surface area contributed by atoms with E-state index in [1.807, 2.05) is 6.07 Å². The summed E-state index contributed by atoms with van der Waals surface area (Å²) in [4.78, 5) is 40.1. The van der Waals surface area contributed by atoms with Crippen LogP contribution in [0.5, 0.6) is 0 Å². The van der Waals surface area contributed by atoms with Crippen molar-refractivity contribution in [2.45, 2.75) is 25.4 Å². The maximum absolute atomic E-state index is 12.4. The molecule has 0 spiro atoms. The molecule has 27 heavy (non-hydrogen) atoms. The van der Waals surface area contributed by atoms with Gasteiger partial charge in [-0.2, -0.15) is 0 Å². The maximum Gasteiger partial charge on any atom is 0.261 e. The molecule has 7 heteroatoms. The Bertz CT molecular complexity index is 1010. The lowest BCUT2D eigenvalue weighted by atomic mass is 10.1. The first-order valence-electron chi connectivity index (χ1n) is 8.53. The van der Waals surface area contributed by atoms with Crippen molar-refractivity contribution in [3.05, 3.63) is 76.8 Å². The van der Waals surface area contributed by atoms with Crippen LogP contribution >= 0.6 is 0 Å². The van der Waals surface area contributed by atoms with E-state index in [1.54, 1.807) is 48.5 Å². The van der Waals surface area contributed by atoms with Gasteiger partial charge in [0.25, 0.3) is 5.56 Å². The molecule has 0 aliphatic carbocycles. The molecule has 0 radical (unpaired) electrons. The van der Waals surface area contributed by atoms with Gasteiger partial charge in [0.05, 0.1) is 29.2 Å². The Morgan fingerprint density at radius 3 is 2.52 bits per heavy atom. The lowest BCUT2D eigenvalue weighted by Gasteiger charge is -2.20. The number of carboxylic acid groups (broad SMARTS) is 1. The number of carbonyl (C=O) groups is 2. The average Bonchev–Trinajstić information content (AvgIpc) is 2.68. The molecule has 138 valence electrons. The van der Waals surface area contributed by atoms with Gasteiger partial charge in [0.15, 0.2) is 0 Å². The largest absolute Gasteiger partial charge is 0.548 e. The number of hydrogen-bond donors (Lipinski definition) is 1. The Kier molecular flexibility index (Phi) is 5.61. The van der Waals surface area contributed by atoms with Crippen LogP contribution in [0.3, 0.4) is 0 Å². The lowest BCUT2D eigenvalue weighted by Crippen LogP contribution is -2.49. The topological polar surface area (TPSA) is 104 Å². The Balaban J connectivity index is 1.64. The summed E-state index contributed by atoms with van der Waals surface area (Å²) in [6, 6.07) is 14.8. The van der Waals surface area contributed by atoms with Crippen LogP contribution in [0.1, 0.15) is 12.0 Å². The summed E-state index contributed by atoms with van der Waals surface area (Å²) in [7, 11) is 0. The summed E-state index contributed by atoms with van der Waals surface area (Å²) >= 11 is 0. The molecule has 0 fully saturated rings. The standard InChI is InChI=1S/C20H19N3O4/c24-18(22-17(20(26)27)12-14-6-2-1-3-7-14)10-11-23-13-21-16-9-5-4-8-15(16)19(23)25/h1-9,13,17H,10-12H2,(H,22,24)(H,26,27)/p-1/t17-/m0/s1. The van der Waals surface area contributed by atoms with Crippen molar-refractivity contribution in [2.24, 2.45) is 0 Å². The summed E-state index contributed by atoms with van der Waals surface area (Å²) in [6.45, 7) is 0.105. The average molecular weight is 364 g/mol. The molecule has 0 unspecified atom stereocenters. The molecule has 0 saturated carbocycles. The fraction of sp³-hybridized carbons (Fsp3) is 0.200. The fourth-order valence-electron chi connectivity index (χ4n) is 2.80. The molecular formula is C20H18N3O4-. The van der Waals surface area contributed by atoms with Crippen molar-refractivity contribution in [3.8, 4) is 0 Å². The van der Waals surface area contributed by atoms with Crippen LogP contribution in [0.2, 0.25) is 0 Å². The molecule has 0 aliphatic rings. The summed E-state index contributed by atoms with van der Waals surface area (Å²) in [6.07, 6.45) is 1.48. The first-order valence-corrected chi connectivity index (χ1v) is 8.53. The lowest BCUT2D eigenvalue weighted by molar-refractivity contribution is -0.308. The molecule has 1 heterocycles. The predicted octanol–water partition coefficient (Wildman–Crippen LogP) is 0.264. The molecule has 0 bridgehead atoms. The van der Waals surface area contributed by atoms with Crippen molar-refractivity contribution < 1.29 is 14.7 Å². The number of rotatable bonds is 7. The van der Waals surface area contributed by atoms with Crippen LogP contribution in [-0.4, -0.2) is 27.5 Å². The van der Waals surface area contributed by atoms with Crippen LogP contribution in [0.15, 0.2) is 65.7 Å². The predicted molar refractivity (Wildman–Crippen MR) is 97.7 cm³/mol. The third-order valence-corrected chi connectivity index (χ3v) is 4.21. The van der Waals surface area contributed by atoms with Crippen molar-refractivity contribution in [3.63, 3.8) is 0 Å². The molecule has 3 aromatic rings. The molecule has 0 saturated heterocycles. The van der Waals surface area contributed by atoms with Gasteiger partial charge in [0.1, 0.15) is 0 Å². The number of hydrogen-bond acceptors (Lipinski definition) is 5. The second-order valence-electron chi connectivity index (χ2n) is 6.14. The molecule has 2 aromatic carbocycles. The zero-order chi connectivity index (χ0) is 19.2. The van der Waals surface area contributed by atoms with Crippen molar-refractivity contribution in [2.75, 3.05) is 0 Å². The minimum absolute atomic E-state index is 0.0432. The van der Waals surface area contributed by atoms with Crippen LogP contribution in [-0.2, 0) is 22.6 Å². The van der Waals surface area contributed by atoms with E-state index in [-0.39, 0.29) is 24.9 Å². The Morgan fingerprint density at radius 1 is 1.07 bits per heavy atom. The number of carboxylic acids is 1. The molecule has 1 N–H and O–H groups in total. The van der Waals surface area contributed by atoms with Crippen LogP contribution in [0, 0.1) is 0 Å². The van der Waals surface area contributed by atoms with E-state index in [1.165, 1.54) is 10.9 Å².